The van der Waals surface area contributed by atoms with Crippen molar-refractivity contribution < 1.29 is 0 Å². The highest BCUT2D eigenvalue weighted by atomic mass is 14.6. The van der Waals surface area contributed by atoms with E-state index in [2.05, 4.69) is 13.2 Å². The van der Waals surface area contributed by atoms with Gasteiger partial charge in [0, 0.05) is 0 Å². The second-order valence-corrected chi connectivity index (χ2v) is 3.26. The van der Waals surface area contributed by atoms with E-state index in [0.29, 0.717) is 0 Å². The van der Waals surface area contributed by atoms with Crippen molar-refractivity contribution >= 4 is 0 Å². The number of hydrogen-bond acceptors (Lipinski definition) is 1. The van der Waals surface area contributed by atoms with E-state index in [1.54, 1.807) is 12.2 Å². The third kappa shape index (κ3) is 4.76. The van der Waals surface area contributed by atoms with E-state index < -0.39 is 0 Å². The first-order chi connectivity index (χ1) is 7.71. The van der Waals surface area contributed by atoms with Crippen molar-refractivity contribution in [2.24, 2.45) is 5.73 Å². The molecule has 0 saturated carbocycles. The Labute approximate surface area is 99.1 Å². The molecule has 86 valence electrons. The minimum absolute atomic E-state index is 0.144. The zero-order valence-electron chi connectivity index (χ0n) is 10.2. The van der Waals surface area contributed by atoms with Crippen LogP contribution < -0.4 is 5.73 Å². The zero-order valence-corrected chi connectivity index (χ0v) is 10.2. The van der Waals surface area contributed by atoms with E-state index in [9.17, 15) is 0 Å². The SMILES string of the molecule is C=C/C=C\C(=C/C)C(N)/C(C=C)=C/C=C\C. The molecule has 0 aliphatic rings. The lowest BCUT2D eigenvalue weighted by Gasteiger charge is -2.13. The standard InChI is InChI=1S/C15H21N/c1-5-9-11-13(7-3)15(16)14(8-4)12-10-6-2/h5-12,15H,1,4,16H2,2-3H3/b10-6-,11-9-,13-7+,14-12+. The third-order valence-corrected chi connectivity index (χ3v) is 2.19. The van der Waals surface area contributed by atoms with Crippen LogP contribution in [0.3, 0.4) is 0 Å². The van der Waals surface area contributed by atoms with Gasteiger partial charge >= 0.3 is 0 Å². The summed E-state index contributed by atoms with van der Waals surface area (Å²) in [7, 11) is 0. The van der Waals surface area contributed by atoms with Gasteiger partial charge in [0.15, 0.2) is 0 Å². The summed E-state index contributed by atoms with van der Waals surface area (Å²) in [6.07, 6.45) is 15.3. The Balaban J connectivity index is 4.98. The van der Waals surface area contributed by atoms with Crippen molar-refractivity contribution in [2.45, 2.75) is 19.9 Å². The van der Waals surface area contributed by atoms with Crippen molar-refractivity contribution in [3.63, 3.8) is 0 Å². The van der Waals surface area contributed by atoms with Crippen LogP contribution in [0.25, 0.3) is 0 Å². The summed E-state index contributed by atoms with van der Waals surface area (Å²) in [6, 6.07) is -0.144. The average molecular weight is 215 g/mol. The maximum absolute atomic E-state index is 6.14. The Morgan fingerprint density at radius 1 is 1.12 bits per heavy atom. The smallest absolute Gasteiger partial charge is 0.0548 e. The Bertz CT molecular complexity index is 340. The second-order valence-electron chi connectivity index (χ2n) is 3.26. The van der Waals surface area contributed by atoms with Crippen molar-refractivity contribution in [2.75, 3.05) is 0 Å². The number of hydrogen-bond donors (Lipinski definition) is 1. The normalized spacial score (nSPS) is 15.7. The van der Waals surface area contributed by atoms with Crippen LogP contribution in [-0.2, 0) is 0 Å². The van der Waals surface area contributed by atoms with E-state index in [4.69, 9.17) is 5.73 Å². The van der Waals surface area contributed by atoms with E-state index in [0.717, 1.165) is 11.1 Å². The molecule has 1 nitrogen and oxygen atoms in total. The summed E-state index contributed by atoms with van der Waals surface area (Å²) in [4.78, 5) is 0. The van der Waals surface area contributed by atoms with Crippen LogP contribution in [0.5, 0.6) is 0 Å². The molecule has 2 N–H and O–H groups in total. The fraction of sp³-hybridized carbons (Fsp3) is 0.200. The highest BCUT2D eigenvalue weighted by Gasteiger charge is 2.08. The second kappa shape index (κ2) is 8.69. The Kier molecular flexibility index (Phi) is 7.82. The largest absolute Gasteiger partial charge is 0.320 e. The van der Waals surface area contributed by atoms with Gasteiger partial charge in [-0.25, -0.2) is 0 Å². The predicted molar refractivity (Wildman–Crippen MR) is 74.2 cm³/mol. The first-order valence-electron chi connectivity index (χ1n) is 5.37. The van der Waals surface area contributed by atoms with Gasteiger partial charge in [-0.3, -0.25) is 0 Å². The molecule has 0 aliphatic heterocycles. The third-order valence-electron chi connectivity index (χ3n) is 2.19. The van der Waals surface area contributed by atoms with Crippen LogP contribution in [0.4, 0.5) is 0 Å². The molecule has 1 heteroatoms. The average Bonchev–Trinajstić information content (AvgIpc) is 2.31. The fourth-order valence-corrected chi connectivity index (χ4v) is 1.26. The molecular formula is C15H21N. The van der Waals surface area contributed by atoms with Gasteiger partial charge in [-0.2, -0.15) is 0 Å². The molecule has 0 heterocycles. The molecule has 0 aromatic heterocycles. The predicted octanol–water partition coefficient (Wildman–Crippen LogP) is 3.69. The van der Waals surface area contributed by atoms with Crippen LogP contribution in [0.2, 0.25) is 0 Å². The molecule has 16 heavy (non-hydrogen) atoms. The van der Waals surface area contributed by atoms with Crippen LogP contribution in [-0.4, -0.2) is 6.04 Å². The van der Waals surface area contributed by atoms with Gasteiger partial charge in [-0.15, -0.1) is 0 Å². The summed E-state index contributed by atoms with van der Waals surface area (Å²) in [5.41, 5.74) is 8.19. The van der Waals surface area contributed by atoms with Crippen molar-refractivity contribution in [3.8, 4) is 0 Å². The van der Waals surface area contributed by atoms with Crippen molar-refractivity contribution in [3.05, 3.63) is 72.9 Å². The van der Waals surface area contributed by atoms with Gasteiger partial charge in [0.1, 0.15) is 0 Å². The fourth-order valence-electron chi connectivity index (χ4n) is 1.26. The van der Waals surface area contributed by atoms with Crippen LogP contribution in [0.1, 0.15) is 13.8 Å². The highest BCUT2D eigenvalue weighted by molar-refractivity contribution is 5.39. The quantitative estimate of drug-likeness (QED) is 0.672. The minimum Gasteiger partial charge on any atom is -0.320 e. The Morgan fingerprint density at radius 2 is 1.81 bits per heavy atom. The van der Waals surface area contributed by atoms with Crippen molar-refractivity contribution in [1.29, 1.82) is 0 Å². The maximum Gasteiger partial charge on any atom is 0.0548 e. The summed E-state index contributed by atoms with van der Waals surface area (Å²) in [5, 5.41) is 0. The molecule has 1 unspecified atom stereocenters. The van der Waals surface area contributed by atoms with Gasteiger partial charge in [0.2, 0.25) is 0 Å². The molecule has 0 fully saturated rings. The first-order valence-corrected chi connectivity index (χ1v) is 5.37. The molecule has 1 atom stereocenters. The van der Waals surface area contributed by atoms with Gasteiger partial charge in [-0.1, -0.05) is 61.8 Å². The molecule has 0 aromatic carbocycles. The minimum atomic E-state index is -0.144. The molecule has 0 bridgehead atoms. The first kappa shape index (κ1) is 14.4. The lowest BCUT2D eigenvalue weighted by Crippen LogP contribution is -2.23. The lowest BCUT2D eigenvalue weighted by atomic mass is 9.98. The number of rotatable bonds is 6. The van der Waals surface area contributed by atoms with Crippen molar-refractivity contribution in [1.82, 2.24) is 0 Å². The van der Waals surface area contributed by atoms with Gasteiger partial charge in [0.25, 0.3) is 0 Å². The highest BCUT2D eigenvalue weighted by Crippen LogP contribution is 2.12. The molecule has 0 aromatic rings. The molecule has 0 aliphatic carbocycles. The zero-order chi connectivity index (χ0) is 12.4. The van der Waals surface area contributed by atoms with Crippen LogP contribution in [0.15, 0.2) is 72.9 Å². The van der Waals surface area contributed by atoms with Gasteiger partial charge in [0.05, 0.1) is 6.04 Å². The summed E-state index contributed by atoms with van der Waals surface area (Å²) >= 11 is 0. The van der Waals surface area contributed by atoms with Gasteiger partial charge in [-0.05, 0) is 25.0 Å². The van der Waals surface area contributed by atoms with Crippen LogP contribution >= 0.6 is 0 Å². The van der Waals surface area contributed by atoms with Crippen LogP contribution in [0, 0.1) is 0 Å². The molecule has 0 radical (unpaired) electrons. The van der Waals surface area contributed by atoms with E-state index in [1.807, 2.05) is 50.3 Å². The Morgan fingerprint density at radius 3 is 2.25 bits per heavy atom. The maximum atomic E-state index is 6.14. The molecule has 0 rings (SSSR count). The molecule has 0 spiro atoms. The molecule has 0 amide bonds. The Hall–Kier alpha value is -1.60. The van der Waals surface area contributed by atoms with Gasteiger partial charge < -0.3 is 5.73 Å². The number of nitrogens with two attached hydrogens (primary N) is 1. The topological polar surface area (TPSA) is 26.0 Å². The molecule has 0 saturated heterocycles. The number of allylic oxidation sites excluding steroid dienone is 6. The summed E-state index contributed by atoms with van der Waals surface area (Å²) < 4.78 is 0. The lowest BCUT2D eigenvalue weighted by molar-refractivity contribution is 0.934. The molecular weight excluding hydrogens is 194 g/mol. The van der Waals surface area contributed by atoms with E-state index >= 15 is 0 Å². The van der Waals surface area contributed by atoms with E-state index in [-0.39, 0.29) is 6.04 Å². The van der Waals surface area contributed by atoms with E-state index in [1.165, 1.54) is 0 Å². The monoisotopic (exact) mass is 215 g/mol. The summed E-state index contributed by atoms with van der Waals surface area (Å²) in [5.74, 6) is 0. The summed E-state index contributed by atoms with van der Waals surface area (Å²) in [6.45, 7) is 11.4.